The fourth-order valence-electron chi connectivity index (χ4n) is 1.79. The maximum absolute atomic E-state index is 11.2. The molecule has 1 aliphatic rings. The van der Waals surface area contributed by atoms with E-state index in [4.69, 9.17) is 19.9 Å². The van der Waals surface area contributed by atoms with Crippen LogP contribution in [0.1, 0.15) is 0 Å². The largest absolute Gasteiger partial charge is 0.378 e. The topological polar surface area (TPSA) is 91.1 Å². The van der Waals surface area contributed by atoms with Crippen molar-refractivity contribution in [2.75, 3.05) is 77.3 Å². The summed E-state index contributed by atoms with van der Waals surface area (Å²) in [5.41, 5.74) is 5.28. The molecule has 7 nitrogen and oxygen atoms in total. The van der Waals surface area contributed by atoms with Gasteiger partial charge in [-0.1, -0.05) is 0 Å². The quantitative estimate of drug-likeness (QED) is 0.476. The first-order chi connectivity index (χ1) is 9.64. The summed E-state index contributed by atoms with van der Waals surface area (Å²) in [7, 11) is -2.79. The zero-order chi connectivity index (χ0) is 14.7. The van der Waals surface area contributed by atoms with Crippen molar-refractivity contribution in [3.63, 3.8) is 0 Å². The average molecular weight is 310 g/mol. The number of nitrogens with two attached hydrogens (primary N) is 1. The van der Waals surface area contributed by atoms with Gasteiger partial charge in [0.05, 0.1) is 51.1 Å². The Labute approximate surface area is 121 Å². The SMILES string of the molecule is NCCOCCOCCOCCN1CCS(=O)(=O)CC1. The minimum absolute atomic E-state index is 0.263. The van der Waals surface area contributed by atoms with E-state index in [0.717, 1.165) is 6.54 Å². The normalized spacial score (nSPS) is 19.2. The second-order valence-corrected chi connectivity index (χ2v) is 6.92. The highest BCUT2D eigenvalue weighted by molar-refractivity contribution is 7.91. The zero-order valence-electron chi connectivity index (χ0n) is 12.0. The maximum atomic E-state index is 11.2. The van der Waals surface area contributed by atoms with Gasteiger partial charge in [-0.3, -0.25) is 4.90 Å². The van der Waals surface area contributed by atoms with E-state index < -0.39 is 9.84 Å². The van der Waals surface area contributed by atoms with Crippen LogP contribution in [0.2, 0.25) is 0 Å². The number of ether oxygens (including phenoxy) is 3. The van der Waals surface area contributed by atoms with Gasteiger partial charge in [0.1, 0.15) is 0 Å². The molecule has 0 atom stereocenters. The minimum atomic E-state index is -2.79. The van der Waals surface area contributed by atoms with Crippen molar-refractivity contribution in [3.05, 3.63) is 0 Å². The molecule has 1 heterocycles. The average Bonchev–Trinajstić information content (AvgIpc) is 2.42. The summed E-state index contributed by atoms with van der Waals surface area (Å²) in [4.78, 5) is 2.11. The molecule has 0 aromatic heterocycles. The first-order valence-corrected chi connectivity index (χ1v) is 8.82. The highest BCUT2D eigenvalue weighted by atomic mass is 32.2. The Morgan fingerprint density at radius 2 is 1.35 bits per heavy atom. The molecule has 1 saturated heterocycles. The van der Waals surface area contributed by atoms with E-state index in [1.165, 1.54) is 0 Å². The number of hydrogen-bond acceptors (Lipinski definition) is 7. The van der Waals surface area contributed by atoms with Crippen LogP contribution >= 0.6 is 0 Å². The van der Waals surface area contributed by atoms with Gasteiger partial charge >= 0.3 is 0 Å². The van der Waals surface area contributed by atoms with Crippen LogP contribution in [0.5, 0.6) is 0 Å². The molecule has 0 saturated carbocycles. The van der Waals surface area contributed by atoms with E-state index in [9.17, 15) is 8.42 Å². The van der Waals surface area contributed by atoms with Gasteiger partial charge in [0.15, 0.2) is 9.84 Å². The Balaban J connectivity index is 1.83. The molecule has 1 fully saturated rings. The first-order valence-electron chi connectivity index (χ1n) is 7.00. The molecule has 0 amide bonds. The van der Waals surface area contributed by atoms with Crippen LogP contribution in [0.25, 0.3) is 0 Å². The van der Waals surface area contributed by atoms with Crippen molar-refractivity contribution in [2.45, 2.75) is 0 Å². The van der Waals surface area contributed by atoms with Gasteiger partial charge in [-0.25, -0.2) is 8.42 Å². The molecule has 0 aromatic rings. The molecule has 0 spiro atoms. The first kappa shape index (κ1) is 17.8. The smallest absolute Gasteiger partial charge is 0.152 e. The Kier molecular flexibility index (Phi) is 9.32. The maximum Gasteiger partial charge on any atom is 0.152 e. The summed E-state index contributed by atoms with van der Waals surface area (Å²) in [6.45, 7) is 5.88. The van der Waals surface area contributed by atoms with Crippen molar-refractivity contribution in [2.24, 2.45) is 5.73 Å². The molecule has 20 heavy (non-hydrogen) atoms. The minimum Gasteiger partial charge on any atom is -0.378 e. The molecular formula is C12H26N2O5S. The highest BCUT2D eigenvalue weighted by Gasteiger charge is 2.20. The van der Waals surface area contributed by atoms with E-state index in [-0.39, 0.29) is 11.5 Å². The van der Waals surface area contributed by atoms with Crippen molar-refractivity contribution in [1.29, 1.82) is 0 Å². The summed E-state index contributed by atoms with van der Waals surface area (Å²) in [6.07, 6.45) is 0. The second kappa shape index (κ2) is 10.5. The highest BCUT2D eigenvalue weighted by Crippen LogP contribution is 2.02. The van der Waals surface area contributed by atoms with Crippen molar-refractivity contribution in [1.82, 2.24) is 4.90 Å². The lowest BCUT2D eigenvalue weighted by molar-refractivity contribution is 0.0122. The predicted molar refractivity (Wildman–Crippen MR) is 76.6 cm³/mol. The third-order valence-electron chi connectivity index (χ3n) is 3.00. The van der Waals surface area contributed by atoms with Gasteiger partial charge in [0, 0.05) is 26.2 Å². The molecule has 8 heteroatoms. The Morgan fingerprint density at radius 3 is 1.90 bits per heavy atom. The van der Waals surface area contributed by atoms with Crippen molar-refractivity contribution >= 4 is 9.84 Å². The molecule has 120 valence electrons. The summed E-state index contributed by atoms with van der Waals surface area (Å²) >= 11 is 0. The standard InChI is InChI=1S/C12H26N2O5S/c13-1-5-17-7-9-19-10-8-18-6-2-14-3-11-20(15,16)12-4-14/h1-13H2. The van der Waals surface area contributed by atoms with E-state index in [2.05, 4.69) is 4.90 Å². The van der Waals surface area contributed by atoms with Crippen molar-refractivity contribution < 1.29 is 22.6 Å². The lowest BCUT2D eigenvalue weighted by Gasteiger charge is -2.26. The molecule has 0 unspecified atom stereocenters. The Bertz CT molecular complexity index is 323. The summed E-state index contributed by atoms with van der Waals surface area (Å²) < 4.78 is 38.4. The van der Waals surface area contributed by atoms with Gasteiger partial charge in [-0.05, 0) is 0 Å². The van der Waals surface area contributed by atoms with E-state index in [0.29, 0.717) is 59.3 Å². The fraction of sp³-hybridized carbons (Fsp3) is 1.00. The molecule has 0 aliphatic carbocycles. The van der Waals surface area contributed by atoms with Crippen LogP contribution in [0.15, 0.2) is 0 Å². The van der Waals surface area contributed by atoms with Gasteiger partial charge in [0.25, 0.3) is 0 Å². The molecular weight excluding hydrogens is 284 g/mol. The summed E-state index contributed by atoms with van der Waals surface area (Å²) in [5.74, 6) is 0.526. The van der Waals surface area contributed by atoms with E-state index >= 15 is 0 Å². The summed E-state index contributed by atoms with van der Waals surface area (Å²) in [6, 6.07) is 0. The molecule has 1 aliphatic heterocycles. The molecule has 0 aromatic carbocycles. The van der Waals surface area contributed by atoms with Crippen LogP contribution in [0.3, 0.4) is 0 Å². The molecule has 0 bridgehead atoms. The van der Waals surface area contributed by atoms with Crippen LogP contribution < -0.4 is 5.73 Å². The van der Waals surface area contributed by atoms with Gasteiger partial charge in [0.2, 0.25) is 0 Å². The summed E-state index contributed by atoms with van der Waals surface area (Å²) in [5, 5.41) is 0. The van der Waals surface area contributed by atoms with Crippen LogP contribution in [-0.4, -0.2) is 90.6 Å². The lowest BCUT2D eigenvalue weighted by atomic mass is 10.5. The predicted octanol–water partition coefficient (Wildman–Crippen LogP) is -1.27. The molecule has 0 radical (unpaired) electrons. The number of hydrogen-bond donors (Lipinski definition) is 1. The van der Waals surface area contributed by atoms with Crippen LogP contribution in [0, 0.1) is 0 Å². The molecule has 1 rings (SSSR count). The zero-order valence-corrected chi connectivity index (χ0v) is 12.8. The Hall–Kier alpha value is -0.250. The van der Waals surface area contributed by atoms with E-state index in [1.807, 2.05) is 0 Å². The molecule has 2 N–H and O–H groups in total. The number of rotatable bonds is 11. The van der Waals surface area contributed by atoms with Crippen LogP contribution in [-0.2, 0) is 24.0 Å². The van der Waals surface area contributed by atoms with Crippen molar-refractivity contribution in [3.8, 4) is 0 Å². The van der Waals surface area contributed by atoms with Crippen LogP contribution in [0.4, 0.5) is 0 Å². The third kappa shape index (κ3) is 8.83. The lowest BCUT2D eigenvalue weighted by Crippen LogP contribution is -2.41. The van der Waals surface area contributed by atoms with Gasteiger partial charge < -0.3 is 19.9 Å². The van der Waals surface area contributed by atoms with E-state index in [1.54, 1.807) is 0 Å². The second-order valence-electron chi connectivity index (χ2n) is 4.62. The Morgan fingerprint density at radius 1 is 0.850 bits per heavy atom. The fourth-order valence-corrected chi connectivity index (χ4v) is 3.07. The number of sulfone groups is 1. The van der Waals surface area contributed by atoms with Gasteiger partial charge in [-0.15, -0.1) is 0 Å². The van der Waals surface area contributed by atoms with Gasteiger partial charge in [-0.2, -0.15) is 0 Å². The monoisotopic (exact) mass is 310 g/mol. The third-order valence-corrected chi connectivity index (χ3v) is 4.60. The number of nitrogens with zero attached hydrogens (tertiary/aromatic N) is 1.